The zero-order valence-corrected chi connectivity index (χ0v) is 10.0. The third kappa shape index (κ3) is 2.59. The summed E-state index contributed by atoms with van der Waals surface area (Å²) in [4.78, 5) is 12.4. The third-order valence-corrected chi connectivity index (χ3v) is 3.02. The van der Waals surface area contributed by atoms with E-state index in [2.05, 4.69) is 15.0 Å². The van der Waals surface area contributed by atoms with Gasteiger partial charge in [-0.05, 0) is 36.4 Å². The maximum Gasteiger partial charge on any atom is 0.193 e. The highest BCUT2D eigenvalue weighted by Crippen LogP contribution is 2.26. The van der Waals surface area contributed by atoms with Crippen molar-refractivity contribution < 1.29 is 0 Å². The van der Waals surface area contributed by atoms with E-state index in [1.165, 1.54) is 11.8 Å². The number of nitrogens with one attached hydrogen (secondary N) is 1. The average Bonchev–Trinajstić information content (AvgIpc) is 2.30. The predicted molar refractivity (Wildman–Crippen MR) is 66.1 cm³/mol. The molecule has 86 valence electrons. The quantitative estimate of drug-likeness (QED) is 0.487. The minimum Gasteiger partial charge on any atom is -0.384 e. The van der Waals surface area contributed by atoms with Crippen LogP contribution in [0, 0.1) is 12.3 Å². The van der Waals surface area contributed by atoms with Gasteiger partial charge in [0.1, 0.15) is 10.9 Å². The van der Waals surface area contributed by atoms with Crippen LogP contribution < -0.4 is 5.73 Å². The molecule has 3 N–H and O–H groups in total. The van der Waals surface area contributed by atoms with Crippen LogP contribution in [0.5, 0.6) is 0 Å². The molecule has 0 saturated carbocycles. The van der Waals surface area contributed by atoms with Crippen molar-refractivity contribution in [1.82, 2.24) is 15.0 Å². The smallest absolute Gasteiger partial charge is 0.193 e. The first-order chi connectivity index (χ1) is 8.18. The first-order valence-corrected chi connectivity index (χ1v) is 5.75. The molecule has 0 aliphatic carbocycles. The van der Waals surface area contributed by atoms with Gasteiger partial charge in [-0.2, -0.15) is 0 Å². The van der Waals surface area contributed by atoms with E-state index in [4.69, 9.17) is 11.1 Å². The molecule has 0 amide bonds. The number of rotatable bonds is 3. The molecule has 0 spiro atoms. The molecule has 0 aromatic carbocycles. The number of pyridine rings is 1. The van der Waals surface area contributed by atoms with Crippen molar-refractivity contribution in [2.24, 2.45) is 5.73 Å². The van der Waals surface area contributed by atoms with Crippen LogP contribution in [0.3, 0.4) is 0 Å². The second-order valence-corrected chi connectivity index (χ2v) is 4.31. The molecule has 0 atom stereocenters. The zero-order chi connectivity index (χ0) is 12.3. The summed E-state index contributed by atoms with van der Waals surface area (Å²) in [7, 11) is 0. The number of nitrogens with two attached hydrogens (primary N) is 1. The first-order valence-electron chi connectivity index (χ1n) is 4.93. The fourth-order valence-electron chi connectivity index (χ4n) is 1.36. The minimum atomic E-state index is 0.00836. The lowest BCUT2D eigenvalue weighted by Crippen LogP contribution is -2.15. The number of amidine groups is 1. The standard InChI is InChI=1S/C11H11N5S/c1-7-3-6-14-10(8(7)9(12)13)17-11-15-4-2-5-16-11/h2-6H,1H3,(H3,12,13). The molecule has 2 rings (SSSR count). The third-order valence-electron chi connectivity index (χ3n) is 2.12. The van der Waals surface area contributed by atoms with Crippen molar-refractivity contribution in [3.8, 4) is 0 Å². The lowest BCUT2D eigenvalue weighted by atomic mass is 10.1. The minimum absolute atomic E-state index is 0.00836. The summed E-state index contributed by atoms with van der Waals surface area (Å²) in [6.45, 7) is 1.90. The van der Waals surface area contributed by atoms with E-state index >= 15 is 0 Å². The fourth-order valence-corrected chi connectivity index (χ4v) is 2.25. The van der Waals surface area contributed by atoms with Crippen molar-refractivity contribution in [1.29, 1.82) is 5.41 Å². The Balaban J connectivity index is 2.40. The molecule has 2 aromatic rings. The Bertz CT molecular complexity index is 541. The van der Waals surface area contributed by atoms with E-state index in [0.717, 1.165) is 5.56 Å². The molecule has 0 bridgehead atoms. The zero-order valence-electron chi connectivity index (χ0n) is 9.21. The number of aryl methyl sites for hydroxylation is 1. The van der Waals surface area contributed by atoms with Crippen LogP contribution in [0.4, 0.5) is 0 Å². The highest BCUT2D eigenvalue weighted by molar-refractivity contribution is 7.99. The first kappa shape index (κ1) is 11.5. The molecule has 6 heteroatoms. The normalized spacial score (nSPS) is 10.2. The Kier molecular flexibility index (Phi) is 3.34. The maximum atomic E-state index is 7.57. The topological polar surface area (TPSA) is 88.5 Å². The van der Waals surface area contributed by atoms with Gasteiger partial charge in [0.2, 0.25) is 0 Å². The fraction of sp³-hybridized carbons (Fsp3) is 0.0909. The molecule has 0 unspecified atom stereocenters. The predicted octanol–water partition coefficient (Wildman–Crippen LogP) is 1.62. The molecule has 2 heterocycles. The largest absolute Gasteiger partial charge is 0.384 e. The number of nitrogen functional groups attached to an aromatic ring is 1. The van der Waals surface area contributed by atoms with Gasteiger partial charge in [-0.3, -0.25) is 5.41 Å². The monoisotopic (exact) mass is 245 g/mol. The van der Waals surface area contributed by atoms with E-state index in [9.17, 15) is 0 Å². The Hall–Kier alpha value is -1.95. The van der Waals surface area contributed by atoms with Crippen LogP contribution in [0.1, 0.15) is 11.1 Å². The van der Waals surface area contributed by atoms with Gasteiger partial charge >= 0.3 is 0 Å². The number of hydrogen-bond donors (Lipinski definition) is 2. The van der Waals surface area contributed by atoms with Crippen LogP contribution >= 0.6 is 11.8 Å². The highest BCUT2D eigenvalue weighted by atomic mass is 32.2. The highest BCUT2D eigenvalue weighted by Gasteiger charge is 2.12. The van der Waals surface area contributed by atoms with E-state index < -0.39 is 0 Å². The summed E-state index contributed by atoms with van der Waals surface area (Å²) in [6, 6.07) is 3.58. The van der Waals surface area contributed by atoms with Gasteiger partial charge in [0.15, 0.2) is 5.16 Å². The van der Waals surface area contributed by atoms with Crippen molar-refractivity contribution in [2.75, 3.05) is 0 Å². The maximum absolute atomic E-state index is 7.57. The molecule has 0 fully saturated rings. The Morgan fingerprint density at radius 3 is 2.59 bits per heavy atom. The molecular weight excluding hydrogens is 234 g/mol. The van der Waals surface area contributed by atoms with Crippen LogP contribution in [-0.2, 0) is 0 Å². The van der Waals surface area contributed by atoms with Crippen LogP contribution in [0.2, 0.25) is 0 Å². The number of nitrogens with zero attached hydrogens (tertiary/aromatic N) is 3. The van der Waals surface area contributed by atoms with Crippen molar-refractivity contribution in [3.05, 3.63) is 41.9 Å². The van der Waals surface area contributed by atoms with E-state index in [1.807, 2.05) is 13.0 Å². The lowest BCUT2D eigenvalue weighted by Gasteiger charge is -2.08. The molecular formula is C11H11N5S. The van der Waals surface area contributed by atoms with Gasteiger partial charge in [0, 0.05) is 18.6 Å². The number of aromatic nitrogens is 3. The van der Waals surface area contributed by atoms with Crippen LogP contribution in [0.25, 0.3) is 0 Å². The van der Waals surface area contributed by atoms with Crippen molar-refractivity contribution in [3.63, 3.8) is 0 Å². The van der Waals surface area contributed by atoms with E-state index in [0.29, 0.717) is 15.7 Å². The molecule has 0 aliphatic rings. The Labute approximate surface area is 103 Å². The Morgan fingerprint density at radius 1 is 1.24 bits per heavy atom. The van der Waals surface area contributed by atoms with Gasteiger partial charge < -0.3 is 5.73 Å². The lowest BCUT2D eigenvalue weighted by molar-refractivity contribution is 0.958. The summed E-state index contributed by atoms with van der Waals surface area (Å²) in [5, 5.41) is 8.81. The second-order valence-electron chi connectivity index (χ2n) is 3.36. The summed E-state index contributed by atoms with van der Waals surface area (Å²) in [5.41, 5.74) is 7.12. The SMILES string of the molecule is Cc1ccnc(Sc2ncccn2)c1C(=N)N. The molecule has 0 saturated heterocycles. The average molecular weight is 245 g/mol. The number of hydrogen-bond acceptors (Lipinski definition) is 5. The van der Waals surface area contributed by atoms with Gasteiger partial charge in [-0.1, -0.05) is 0 Å². The summed E-state index contributed by atoms with van der Waals surface area (Å²) < 4.78 is 0. The van der Waals surface area contributed by atoms with Gasteiger partial charge in [-0.15, -0.1) is 0 Å². The summed E-state index contributed by atoms with van der Waals surface area (Å²) >= 11 is 1.30. The molecule has 0 radical (unpaired) electrons. The summed E-state index contributed by atoms with van der Waals surface area (Å²) in [5.74, 6) is 0.00836. The van der Waals surface area contributed by atoms with Gasteiger partial charge in [-0.25, -0.2) is 15.0 Å². The second kappa shape index (κ2) is 4.92. The van der Waals surface area contributed by atoms with Crippen molar-refractivity contribution in [2.45, 2.75) is 17.1 Å². The molecule has 0 aliphatic heterocycles. The van der Waals surface area contributed by atoms with Crippen LogP contribution in [-0.4, -0.2) is 20.8 Å². The molecule has 2 aromatic heterocycles. The van der Waals surface area contributed by atoms with E-state index in [-0.39, 0.29) is 5.84 Å². The van der Waals surface area contributed by atoms with E-state index in [1.54, 1.807) is 24.7 Å². The van der Waals surface area contributed by atoms with Crippen molar-refractivity contribution >= 4 is 17.6 Å². The molecule has 17 heavy (non-hydrogen) atoms. The van der Waals surface area contributed by atoms with Crippen LogP contribution in [0.15, 0.2) is 40.9 Å². The Morgan fingerprint density at radius 2 is 1.94 bits per heavy atom. The van der Waals surface area contributed by atoms with Gasteiger partial charge in [0.05, 0.1) is 5.56 Å². The van der Waals surface area contributed by atoms with Gasteiger partial charge in [0.25, 0.3) is 0 Å². The molecule has 5 nitrogen and oxygen atoms in total. The summed E-state index contributed by atoms with van der Waals surface area (Å²) in [6.07, 6.45) is 5.02.